The van der Waals surface area contributed by atoms with Gasteiger partial charge >= 0.3 is 0 Å². The van der Waals surface area contributed by atoms with Crippen molar-refractivity contribution in [2.45, 2.75) is 30.6 Å². The summed E-state index contributed by atoms with van der Waals surface area (Å²) in [7, 11) is 0. The average Bonchev–Trinajstić information content (AvgIpc) is 3.44. The van der Waals surface area contributed by atoms with Crippen molar-refractivity contribution in [3.63, 3.8) is 0 Å². The van der Waals surface area contributed by atoms with E-state index >= 15 is 0 Å². The summed E-state index contributed by atoms with van der Waals surface area (Å²) in [4.78, 5) is 41.5. The zero-order valence-corrected chi connectivity index (χ0v) is 18.5. The number of carbonyl (C=O) groups excluding carboxylic acids is 3. The normalized spacial score (nSPS) is 29.8. The third-order valence-electron chi connectivity index (χ3n) is 6.85. The number of anilines is 2. The third kappa shape index (κ3) is 3.58. The summed E-state index contributed by atoms with van der Waals surface area (Å²) in [6, 6.07) is 14.7. The SMILES string of the molecule is O=C(Nc1ccc(Cl)cc1)C1N(CCO)C(=O)[C@@H]2[C@H](C(=O)Nc3ccccc3)[C@@H]3CCC12O3. The molecule has 3 aliphatic rings. The minimum atomic E-state index is -1.11. The lowest BCUT2D eigenvalue weighted by Gasteiger charge is -2.33. The van der Waals surface area contributed by atoms with Gasteiger partial charge in [0.15, 0.2) is 0 Å². The van der Waals surface area contributed by atoms with Gasteiger partial charge in [-0.1, -0.05) is 29.8 Å². The van der Waals surface area contributed by atoms with Gasteiger partial charge < -0.3 is 25.4 Å². The average molecular weight is 470 g/mol. The van der Waals surface area contributed by atoms with E-state index in [0.717, 1.165) is 0 Å². The molecule has 9 heteroatoms. The maximum Gasteiger partial charge on any atom is 0.250 e. The number of nitrogens with one attached hydrogen (secondary N) is 2. The standard InChI is InChI=1S/C24H24ClN3O5/c25-14-6-8-16(9-7-14)27-22(31)20-24-11-10-17(33-24)18(19(24)23(32)28(20)12-13-29)21(30)26-15-4-2-1-3-5-15/h1-9,17-20,29H,10-13H2,(H,26,30)(H,27,31)/t17-,18+,19-,20?,24?/m0/s1. The first kappa shape index (κ1) is 21.9. The van der Waals surface area contributed by atoms with Crippen molar-refractivity contribution in [1.82, 2.24) is 4.90 Å². The molecule has 1 spiro atoms. The summed E-state index contributed by atoms with van der Waals surface area (Å²) in [5.41, 5.74) is 0.0622. The Balaban J connectivity index is 1.45. The van der Waals surface area contributed by atoms with Crippen LogP contribution in [0.25, 0.3) is 0 Å². The highest BCUT2D eigenvalue weighted by atomic mass is 35.5. The number of aliphatic hydroxyl groups excluding tert-OH is 1. The van der Waals surface area contributed by atoms with E-state index in [1.807, 2.05) is 18.2 Å². The van der Waals surface area contributed by atoms with Gasteiger partial charge in [0.2, 0.25) is 17.7 Å². The second-order valence-corrected chi connectivity index (χ2v) is 9.10. The molecule has 5 rings (SSSR count). The predicted octanol–water partition coefficient (Wildman–Crippen LogP) is 2.28. The Morgan fingerprint density at radius 2 is 1.73 bits per heavy atom. The molecule has 3 aliphatic heterocycles. The summed E-state index contributed by atoms with van der Waals surface area (Å²) in [6.45, 7) is -0.319. The zero-order valence-electron chi connectivity index (χ0n) is 17.7. The van der Waals surface area contributed by atoms with E-state index in [4.69, 9.17) is 16.3 Å². The Labute approximate surface area is 195 Å². The number of ether oxygens (including phenoxy) is 1. The van der Waals surface area contributed by atoms with Crippen molar-refractivity contribution >= 4 is 40.7 Å². The number of para-hydroxylation sites is 1. The Hall–Kier alpha value is -2.94. The van der Waals surface area contributed by atoms with Gasteiger partial charge in [-0.3, -0.25) is 14.4 Å². The van der Waals surface area contributed by atoms with Gasteiger partial charge in [0.1, 0.15) is 11.6 Å². The number of benzene rings is 2. The highest BCUT2D eigenvalue weighted by molar-refractivity contribution is 6.30. The van der Waals surface area contributed by atoms with Gasteiger partial charge in [0.25, 0.3) is 0 Å². The number of hydrogen-bond donors (Lipinski definition) is 3. The molecule has 8 nitrogen and oxygen atoms in total. The van der Waals surface area contributed by atoms with Crippen LogP contribution < -0.4 is 10.6 Å². The van der Waals surface area contributed by atoms with Gasteiger partial charge in [0, 0.05) is 22.9 Å². The second-order valence-electron chi connectivity index (χ2n) is 8.66. The smallest absolute Gasteiger partial charge is 0.250 e. The zero-order chi connectivity index (χ0) is 23.2. The first-order valence-electron chi connectivity index (χ1n) is 11.0. The summed E-state index contributed by atoms with van der Waals surface area (Å²) in [5, 5.41) is 15.9. The van der Waals surface area contributed by atoms with Gasteiger partial charge in [-0.05, 0) is 49.2 Å². The number of nitrogens with zero attached hydrogens (tertiary/aromatic N) is 1. The Kier molecular flexibility index (Phi) is 5.60. The molecule has 0 aliphatic carbocycles. The molecular weight excluding hydrogens is 446 g/mol. The quantitative estimate of drug-likeness (QED) is 0.601. The van der Waals surface area contributed by atoms with Crippen LogP contribution in [0.1, 0.15) is 12.8 Å². The number of amides is 3. The monoisotopic (exact) mass is 469 g/mol. The maximum absolute atomic E-state index is 13.5. The highest BCUT2D eigenvalue weighted by Gasteiger charge is 2.74. The van der Waals surface area contributed by atoms with E-state index < -0.39 is 35.5 Å². The minimum Gasteiger partial charge on any atom is -0.395 e. The molecule has 0 aromatic heterocycles. The van der Waals surface area contributed by atoms with Crippen LogP contribution in [-0.2, 0) is 19.1 Å². The molecule has 172 valence electrons. The molecular formula is C24H24ClN3O5. The van der Waals surface area contributed by atoms with Crippen molar-refractivity contribution in [2.75, 3.05) is 23.8 Å². The summed E-state index contributed by atoms with van der Waals surface area (Å²) < 4.78 is 6.31. The second kappa shape index (κ2) is 8.44. The van der Waals surface area contributed by atoms with Crippen LogP contribution in [0.5, 0.6) is 0 Å². The van der Waals surface area contributed by atoms with Crippen molar-refractivity contribution in [1.29, 1.82) is 0 Å². The number of rotatable bonds is 6. The van der Waals surface area contributed by atoms with Crippen LogP contribution in [-0.4, -0.2) is 58.6 Å². The van der Waals surface area contributed by atoms with E-state index in [0.29, 0.717) is 29.2 Å². The fourth-order valence-corrected chi connectivity index (χ4v) is 5.72. The number of carbonyl (C=O) groups is 3. The number of hydrogen-bond acceptors (Lipinski definition) is 5. The lowest BCUT2D eigenvalue weighted by Crippen LogP contribution is -2.53. The largest absolute Gasteiger partial charge is 0.395 e. The van der Waals surface area contributed by atoms with E-state index in [2.05, 4.69) is 10.6 Å². The fraction of sp³-hybridized carbons (Fsp3) is 0.375. The number of halogens is 1. The molecule has 3 saturated heterocycles. The Bertz CT molecular complexity index is 1080. The van der Waals surface area contributed by atoms with Crippen LogP contribution in [0.15, 0.2) is 54.6 Å². The van der Waals surface area contributed by atoms with Crippen LogP contribution in [0.2, 0.25) is 5.02 Å². The molecule has 2 bridgehead atoms. The number of β-amino-alcohol motifs (C(OH)–C–C–N with tert-alkyl or cyclic N) is 1. The van der Waals surface area contributed by atoms with E-state index in [9.17, 15) is 19.5 Å². The van der Waals surface area contributed by atoms with Crippen molar-refractivity contribution < 1.29 is 24.2 Å². The Morgan fingerprint density at radius 3 is 2.42 bits per heavy atom. The summed E-state index contributed by atoms with van der Waals surface area (Å²) >= 11 is 5.93. The maximum atomic E-state index is 13.5. The third-order valence-corrected chi connectivity index (χ3v) is 7.10. The van der Waals surface area contributed by atoms with Crippen molar-refractivity contribution in [2.24, 2.45) is 11.8 Å². The molecule has 0 radical (unpaired) electrons. The molecule has 5 atom stereocenters. The molecule has 2 aromatic carbocycles. The van der Waals surface area contributed by atoms with Crippen LogP contribution in [0.4, 0.5) is 11.4 Å². The van der Waals surface area contributed by atoms with E-state index in [-0.39, 0.29) is 25.0 Å². The highest BCUT2D eigenvalue weighted by Crippen LogP contribution is 2.58. The molecule has 33 heavy (non-hydrogen) atoms. The van der Waals surface area contributed by atoms with Gasteiger partial charge in [-0.25, -0.2) is 0 Å². The first-order chi connectivity index (χ1) is 15.9. The minimum absolute atomic E-state index is 0.0170. The van der Waals surface area contributed by atoms with Gasteiger partial charge in [-0.15, -0.1) is 0 Å². The van der Waals surface area contributed by atoms with Crippen LogP contribution in [0.3, 0.4) is 0 Å². The molecule has 3 amide bonds. The van der Waals surface area contributed by atoms with Crippen LogP contribution in [0, 0.1) is 11.8 Å². The van der Waals surface area contributed by atoms with E-state index in [1.165, 1.54) is 4.90 Å². The lowest BCUT2D eigenvalue weighted by molar-refractivity contribution is -0.140. The topological polar surface area (TPSA) is 108 Å². The predicted molar refractivity (Wildman–Crippen MR) is 122 cm³/mol. The fourth-order valence-electron chi connectivity index (χ4n) is 5.59. The molecule has 0 saturated carbocycles. The summed E-state index contributed by atoms with van der Waals surface area (Å²) in [6.07, 6.45) is 0.628. The van der Waals surface area contributed by atoms with Crippen LogP contribution >= 0.6 is 11.6 Å². The molecule has 3 N–H and O–H groups in total. The molecule has 3 fully saturated rings. The lowest BCUT2D eigenvalue weighted by atomic mass is 9.70. The number of likely N-dealkylation sites (tertiary alicyclic amines) is 1. The molecule has 2 aromatic rings. The van der Waals surface area contributed by atoms with E-state index in [1.54, 1.807) is 36.4 Å². The van der Waals surface area contributed by atoms with Crippen molar-refractivity contribution in [3.05, 3.63) is 59.6 Å². The molecule has 3 heterocycles. The number of aliphatic hydroxyl groups is 1. The summed E-state index contributed by atoms with van der Waals surface area (Å²) in [5.74, 6) is -2.54. The van der Waals surface area contributed by atoms with Crippen molar-refractivity contribution in [3.8, 4) is 0 Å². The number of fused-ring (bicyclic) bond motifs is 1. The van der Waals surface area contributed by atoms with Gasteiger partial charge in [-0.2, -0.15) is 0 Å². The first-order valence-corrected chi connectivity index (χ1v) is 11.3. The van der Waals surface area contributed by atoms with Gasteiger partial charge in [0.05, 0.1) is 24.5 Å². The Morgan fingerprint density at radius 1 is 1.06 bits per heavy atom. The molecule has 2 unspecified atom stereocenters.